The first-order valence-electron chi connectivity index (χ1n) is 10.3. The molecule has 0 bridgehead atoms. The summed E-state index contributed by atoms with van der Waals surface area (Å²) in [4.78, 5) is 12.1. The minimum Gasteiger partial charge on any atom is -0.368 e. The molecule has 0 amide bonds. The lowest BCUT2D eigenvalue weighted by atomic mass is 10.1. The van der Waals surface area contributed by atoms with Gasteiger partial charge in [-0.15, -0.1) is 11.3 Å². The van der Waals surface area contributed by atoms with Crippen molar-refractivity contribution < 1.29 is 0 Å². The summed E-state index contributed by atoms with van der Waals surface area (Å²) < 4.78 is 1.26. The molecule has 3 heterocycles. The number of H-pyrrole nitrogens is 1. The number of nitrogens with two attached hydrogens (primary N) is 1. The second-order valence-corrected chi connectivity index (χ2v) is 8.36. The van der Waals surface area contributed by atoms with Crippen molar-refractivity contribution in [2.24, 2.45) is 0 Å². The molecule has 0 spiro atoms. The van der Waals surface area contributed by atoms with Crippen LogP contribution in [0.5, 0.6) is 0 Å². The topological polar surface area (TPSA) is 95.8 Å². The zero-order chi connectivity index (χ0) is 21.4. The van der Waals surface area contributed by atoms with Gasteiger partial charge in [0.1, 0.15) is 11.6 Å². The zero-order valence-electron chi connectivity index (χ0n) is 17.4. The number of anilines is 4. The summed E-state index contributed by atoms with van der Waals surface area (Å²) in [5.74, 6) is 1.73. The van der Waals surface area contributed by atoms with Crippen LogP contribution in [0.4, 0.5) is 23.3 Å². The van der Waals surface area contributed by atoms with Gasteiger partial charge in [-0.25, -0.2) is 0 Å². The van der Waals surface area contributed by atoms with Crippen molar-refractivity contribution in [3.8, 4) is 10.4 Å². The Kier molecular flexibility index (Phi) is 4.91. The van der Waals surface area contributed by atoms with Gasteiger partial charge in [-0.05, 0) is 43.5 Å². The minimum atomic E-state index is 0.251. The maximum absolute atomic E-state index is 6.00. The van der Waals surface area contributed by atoms with E-state index in [9.17, 15) is 0 Å². The number of nitrogens with one attached hydrogen (secondary N) is 2. The number of nitrogen functional groups attached to an aromatic ring is 1. The summed E-state index contributed by atoms with van der Waals surface area (Å²) in [6, 6.07) is 16.8. The van der Waals surface area contributed by atoms with Crippen LogP contribution < -0.4 is 16.0 Å². The van der Waals surface area contributed by atoms with Crippen molar-refractivity contribution in [1.29, 1.82) is 0 Å². The van der Waals surface area contributed by atoms with E-state index in [0.29, 0.717) is 5.82 Å². The second kappa shape index (κ2) is 7.88. The third-order valence-electron chi connectivity index (χ3n) is 5.33. The normalized spacial score (nSPS) is 11.3. The Hall–Kier alpha value is -3.65. The average molecular weight is 430 g/mol. The third kappa shape index (κ3) is 3.66. The smallest absolute Gasteiger partial charge is 0.223 e. The number of aromatic nitrogens is 4. The molecule has 5 rings (SSSR count). The lowest BCUT2D eigenvalue weighted by molar-refractivity contribution is 0.844. The largest absolute Gasteiger partial charge is 0.368 e. The van der Waals surface area contributed by atoms with Crippen LogP contribution in [0.1, 0.15) is 13.8 Å². The van der Waals surface area contributed by atoms with Gasteiger partial charge in [0.15, 0.2) is 0 Å². The molecule has 3 aromatic heterocycles. The highest BCUT2D eigenvalue weighted by Crippen LogP contribution is 2.38. The summed E-state index contributed by atoms with van der Waals surface area (Å²) in [6.07, 6.45) is 1.84. The number of nitrogens with zero attached hydrogens (tertiary/aromatic N) is 4. The SMILES string of the molecule is CCN(CC)c1cc(Nc2cc(-c3cc4ccccc4s3)c3[nH]ncc3c2)nc(N)n1. The average Bonchev–Trinajstić information content (AvgIpc) is 3.40. The molecule has 4 N–H and O–H groups in total. The molecule has 0 aliphatic rings. The molecule has 0 saturated heterocycles. The van der Waals surface area contributed by atoms with Crippen LogP contribution >= 0.6 is 11.3 Å². The monoisotopic (exact) mass is 429 g/mol. The number of fused-ring (bicyclic) bond motifs is 2. The predicted molar refractivity (Wildman–Crippen MR) is 130 cm³/mol. The van der Waals surface area contributed by atoms with Crippen LogP contribution in [0.3, 0.4) is 0 Å². The van der Waals surface area contributed by atoms with Crippen LogP contribution in [0.15, 0.2) is 54.7 Å². The van der Waals surface area contributed by atoms with Gasteiger partial charge < -0.3 is 16.0 Å². The summed E-state index contributed by atoms with van der Waals surface area (Å²) in [7, 11) is 0. The first-order valence-corrected chi connectivity index (χ1v) is 11.1. The molecular weight excluding hydrogens is 406 g/mol. The Morgan fingerprint density at radius 3 is 2.68 bits per heavy atom. The second-order valence-electron chi connectivity index (χ2n) is 7.27. The van der Waals surface area contributed by atoms with Crippen LogP contribution in [0.25, 0.3) is 31.4 Å². The van der Waals surface area contributed by atoms with E-state index in [1.165, 1.54) is 15.0 Å². The molecule has 2 aromatic carbocycles. The fraction of sp³-hybridized carbons (Fsp3) is 0.174. The first-order chi connectivity index (χ1) is 15.1. The van der Waals surface area contributed by atoms with E-state index in [1.807, 2.05) is 12.3 Å². The Morgan fingerprint density at radius 2 is 1.87 bits per heavy atom. The molecule has 0 aliphatic heterocycles. The van der Waals surface area contributed by atoms with Crippen LogP contribution in [0.2, 0.25) is 0 Å². The van der Waals surface area contributed by atoms with Crippen molar-refractivity contribution >= 4 is 55.6 Å². The van der Waals surface area contributed by atoms with Crippen molar-refractivity contribution in [2.75, 3.05) is 29.0 Å². The zero-order valence-corrected chi connectivity index (χ0v) is 18.2. The molecule has 0 fully saturated rings. The van der Waals surface area contributed by atoms with Gasteiger partial charge in [-0.3, -0.25) is 5.10 Å². The lowest BCUT2D eigenvalue weighted by Gasteiger charge is -2.20. The van der Waals surface area contributed by atoms with Gasteiger partial charge in [-0.2, -0.15) is 15.1 Å². The number of aromatic amines is 1. The molecule has 0 unspecified atom stereocenters. The highest BCUT2D eigenvalue weighted by Gasteiger charge is 2.13. The first kappa shape index (κ1) is 19.3. The molecule has 5 aromatic rings. The Labute approximate surface area is 183 Å². The Bertz CT molecular complexity index is 1330. The van der Waals surface area contributed by atoms with Crippen LogP contribution in [-0.4, -0.2) is 33.3 Å². The fourth-order valence-corrected chi connectivity index (χ4v) is 4.90. The maximum Gasteiger partial charge on any atom is 0.223 e. The summed E-state index contributed by atoms with van der Waals surface area (Å²) in [6.45, 7) is 5.89. The van der Waals surface area contributed by atoms with Crippen LogP contribution in [-0.2, 0) is 0 Å². The van der Waals surface area contributed by atoms with Gasteiger partial charge in [0.05, 0.1) is 11.7 Å². The van der Waals surface area contributed by atoms with E-state index < -0.39 is 0 Å². The molecule has 8 heteroatoms. The summed E-state index contributed by atoms with van der Waals surface area (Å²) in [5, 5.41) is 13.1. The van der Waals surface area contributed by atoms with E-state index in [2.05, 4.69) is 86.7 Å². The number of rotatable bonds is 6. The third-order valence-corrected chi connectivity index (χ3v) is 6.48. The fourth-order valence-electron chi connectivity index (χ4n) is 3.81. The van der Waals surface area contributed by atoms with E-state index in [4.69, 9.17) is 5.73 Å². The quantitative estimate of drug-likeness (QED) is 0.334. The van der Waals surface area contributed by atoms with Crippen molar-refractivity contribution in [3.63, 3.8) is 0 Å². The predicted octanol–water partition coefficient (Wildman–Crippen LogP) is 5.41. The van der Waals surface area contributed by atoms with E-state index in [1.54, 1.807) is 11.3 Å². The summed E-state index contributed by atoms with van der Waals surface area (Å²) in [5.41, 5.74) is 9.04. The molecule has 156 valence electrons. The van der Waals surface area contributed by atoms with E-state index in [0.717, 1.165) is 41.1 Å². The standard InChI is InChI=1S/C23H23N7S/c1-3-30(4-2)21-12-20(27-23(24)28-21)26-16-9-15-13-25-29-22(15)17(11-16)19-10-14-7-5-6-8-18(14)31-19/h5-13H,3-4H2,1-2H3,(H,25,29)(H3,24,26,27,28). The Balaban J connectivity index is 1.57. The van der Waals surface area contributed by atoms with E-state index >= 15 is 0 Å². The van der Waals surface area contributed by atoms with Gasteiger partial charge in [0.25, 0.3) is 0 Å². The molecule has 31 heavy (non-hydrogen) atoms. The highest BCUT2D eigenvalue weighted by atomic mass is 32.1. The van der Waals surface area contributed by atoms with Crippen LogP contribution in [0, 0.1) is 0 Å². The lowest BCUT2D eigenvalue weighted by Crippen LogP contribution is -2.23. The molecule has 7 nitrogen and oxygen atoms in total. The van der Waals surface area contributed by atoms with Crippen molar-refractivity contribution in [2.45, 2.75) is 13.8 Å². The molecule has 0 atom stereocenters. The highest BCUT2D eigenvalue weighted by molar-refractivity contribution is 7.22. The Morgan fingerprint density at radius 1 is 1.03 bits per heavy atom. The van der Waals surface area contributed by atoms with Gasteiger partial charge in [-0.1, -0.05) is 18.2 Å². The number of hydrogen-bond donors (Lipinski definition) is 3. The molecular formula is C23H23N7S. The number of benzene rings is 2. The van der Waals surface area contributed by atoms with Gasteiger partial charge in [0.2, 0.25) is 5.95 Å². The maximum atomic E-state index is 6.00. The van der Waals surface area contributed by atoms with Gasteiger partial charge >= 0.3 is 0 Å². The number of thiophene rings is 1. The molecule has 0 aliphatic carbocycles. The minimum absolute atomic E-state index is 0.251. The van der Waals surface area contributed by atoms with Gasteiger partial charge in [0, 0.05) is 45.4 Å². The van der Waals surface area contributed by atoms with E-state index in [-0.39, 0.29) is 5.95 Å². The van der Waals surface area contributed by atoms with Crippen molar-refractivity contribution in [1.82, 2.24) is 20.2 Å². The van der Waals surface area contributed by atoms with Crippen molar-refractivity contribution in [3.05, 3.63) is 54.7 Å². The number of hydrogen-bond acceptors (Lipinski definition) is 7. The summed E-state index contributed by atoms with van der Waals surface area (Å²) >= 11 is 1.77. The molecule has 0 radical (unpaired) electrons. The molecule has 0 saturated carbocycles.